The monoisotopic (exact) mass is 311 g/mol. The molecular weight excluding hydrogens is 282 g/mol. The Kier molecular flexibility index (Phi) is 7.08. The number of guanidine groups is 1. The van der Waals surface area contributed by atoms with Crippen LogP contribution in [-0.4, -0.2) is 40.1 Å². The minimum absolute atomic E-state index is 0.188. The Morgan fingerprint density at radius 2 is 2.14 bits per heavy atom. The molecule has 0 fully saturated rings. The van der Waals surface area contributed by atoms with E-state index in [0.717, 1.165) is 24.9 Å². The van der Waals surface area contributed by atoms with E-state index in [9.17, 15) is 0 Å². The molecule has 0 aromatic carbocycles. The Morgan fingerprint density at radius 1 is 1.43 bits per heavy atom. The summed E-state index contributed by atoms with van der Waals surface area (Å²) in [6.45, 7) is 11.4. The van der Waals surface area contributed by atoms with E-state index in [-0.39, 0.29) is 4.75 Å². The summed E-state index contributed by atoms with van der Waals surface area (Å²) in [4.78, 5) is 8.68. The molecule has 5 nitrogen and oxygen atoms in total. The van der Waals surface area contributed by atoms with E-state index in [2.05, 4.69) is 59.1 Å². The number of nitrogens with zero attached hydrogens (tertiary/aromatic N) is 3. The lowest BCUT2D eigenvalue weighted by Crippen LogP contribution is -2.43. The molecule has 0 aliphatic rings. The minimum Gasteiger partial charge on any atom is -0.355 e. The fraction of sp³-hybridized carbons (Fsp3) is 0.733. The molecule has 6 heteroatoms. The fourth-order valence-corrected chi connectivity index (χ4v) is 2.04. The molecule has 0 spiro atoms. The van der Waals surface area contributed by atoms with Gasteiger partial charge in [-0.15, -0.1) is 0 Å². The van der Waals surface area contributed by atoms with E-state index in [1.807, 2.05) is 24.2 Å². The van der Waals surface area contributed by atoms with Crippen molar-refractivity contribution < 1.29 is 0 Å². The number of hydrogen-bond acceptors (Lipinski definition) is 3. The van der Waals surface area contributed by atoms with Gasteiger partial charge in [0, 0.05) is 37.3 Å². The third-order valence-corrected chi connectivity index (χ3v) is 4.48. The van der Waals surface area contributed by atoms with E-state index in [1.54, 1.807) is 7.05 Å². The van der Waals surface area contributed by atoms with Crippen molar-refractivity contribution in [3.63, 3.8) is 0 Å². The maximum Gasteiger partial charge on any atom is 0.191 e. The first-order chi connectivity index (χ1) is 9.88. The molecule has 0 unspecified atom stereocenters. The molecule has 0 radical (unpaired) electrons. The van der Waals surface area contributed by atoms with Crippen LogP contribution in [0.4, 0.5) is 0 Å². The fourth-order valence-electron chi connectivity index (χ4n) is 1.82. The third kappa shape index (κ3) is 6.42. The first kappa shape index (κ1) is 17.9. The lowest BCUT2D eigenvalue weighted by molar-refractivity contribution is 0.503. The molecule has 0 atom stereocenters. The standard InChI is InChI=1S/C15H29N5S/c1-12(2)10-20-8-7-17-13(20)9-18-14(16-5)19-11-15(3,4)21-6/h7-8,12H,9-11H2,1-6H3,(H2,16,18,19). The smallest absolute Gasteiger partial charge is 0.191 e. The first-order valence-electron chi connectivity index (χ1n) is 7.37. The highest BCUT2D eigenvalue weighted by atomic mass is 32.2. The number of aromatic nitrogens is 2. The summed E-state index contributed by atoms with van der Waals surface area (Å²) in [5, 5.41) is 6.69. The Hall–Kier alpha value is -1.17. The number of nitrogens with one attached hydrogen (secondary N) is 2. The molecule has 0 bridgehead atoms. The Labute approximate surface area is 133 Å². The van der Waals surface area contributed by atoms with Crippen LogP contribution in [-0.2, 0) is 13.1 Å². The second kappa shape index (κ2) is 8.32. The maximum atomic E-state index is 4.41. The molecule has 0 aliphatic heterocycles. The van der Waals surface area contributed by atoms with Gasteiger partial charge in [0.25, 0.3) is 0 Å². The van der Waals surface area contributed by atoms with Gasteiger partial charge in [0.1, 0.15) is 5.82 Å². The Morgan fingerprint density at radius 3 is 2.71 bits per heavy atom. The highest BCUT2D eigenvalue weighted by Crippen LogP contribution is 2.19. The summed E-state index contributed by atoms with van der Waals surface area (Å²) in [7, 11) is 1.79. The molecule has 21 heavy (non-hydrogen) atoms. The summed E-state index contributed by atoms with van der Waals surface area (Å²) in [6.07, 6.45) is 6.01. The predicted molar refractivity (Wildman–Crippen MR) is 92.9 cm³/mol. The number of rotatable bonds is 7. The van der Waals surface area contributed by atoms with E-state index < -0.39 is 0 Å². The maximum absolute atomic E-state index is 4.41. The molecule has 0 saturated heterocycles. The summed E-state index contributed by atoms with van der Waals surface area (Å²) in [5.74, 6) is 2.46. The van der Waals surface area contributed by atoms with E-state index >= 15 is 0 Å². The van der Waals surface area contributed by atoms with Gasteiger partial charge in [-0.1, -0.05) is 13.8 Å². The Balaban J connectivity index is 2.51. The minimum atomic E-state index is 0.188. The first-order valence-corrected chi connectivity index (χ1v) is 8.60. The second-order valence-corrected chi connectivity index (χ2v) is 7.65. The van der Waals surface area contributed by atoms with E-state index in [0.29, 0.717) is 12.5 Å². The average Bonchev–Trinajstić information content (AvgIpc) is 2.85. The molecule has 0 saturated carbocycles. The zero-order valence-electron chi connectivity index (χ0n) is 14.1. The van der Waals surface area contributed by atoms with E-state index in [1.165, 1.54) is 0 Å². The van der Waals surface area contributed by atoms with Crippen molar-refractivity contribution in [1.29, 1.82) is 0 Å². The van der Waals surface area contributed by atoms with Crippen molar-refractivity contribution in [3.05, 3.63) is 18.2 Å². The van der Waals surface area contributed by atoms with Crippen molar-refractivity contribution >= 4 is 17.7 Å². The zero-order chi connectivity index (χ0) is 15.9. The third-order valence-electron chi connectivity index (χ3n) is 3.24. The van der Waals surface area contributed by atoms with Crippen molar-refractivity contribution in [3.8, 4) is 0 Å². The lowest BCUT2D eigenvalue weighted by Gasteiger charge is -2.23. The van der Waals surface area contributed by atoms with Crippen LogP contribution in [0.2, 0.25) is 0 Å². The topological polar surface area (TPSA) is 54.2 Å². The molecular formula is C15H29N5S. The molecule has 1 aromatic rings. The predicted octanol–water partition coefficient (Wildman–Crippen LogP) is 2.35. The highest BCUT2D eigenvalue weighted by molar-refractivity contribution is 7.99. The van der Waals surface area contributed by atoms with Crippen LogP contribution in [0.1, 0.15) is 33.5 Å². The second-order valence-electron chi connectivity index (χ2n) is 6.13. The highest BCUT2D eigenvalue weighted by Gasteiger charge is 2.16. The van der Waals surface area contributed by atoms with Crippen molar-refractivity contribution in [2.24, 2.45) is 10.9 Å². The average molecular weight is 311 g/mol. The van der Waals surface area contributed by atoms with Crippen LogP contribution in [0, 0.1) is 5.92 Å². The molecule has 1 rings (SSSR count). The summed E-state index contributed by atoms with van der Waals surface area (Å²) < 4.78 is 2.38. The Bertz CT molecular complexity index is 451. The molecule has 1 heterocycles. The van der Waals surface area contributed by atoms with E-state index in [4.69, 9.17) is 0 Å². The molecule has 0 aliphatic carbocycles. The van der Waals surface area contributed by atoms with Crippen LogP contribution in [0.15, 0.2) is 17.4 Å². The van der Waals surface area contributed by atoms with Crippen molar-refractivity contribution in [2.75, 3.05) is 19.8 Å². The number of imidazole rings is 1. The van der Waals surface area contributed by atoms with Crippen LogP contribution in [0.5, 0.6) is 0 Å². The normalized spacial score (nSPS) is 12.8. The summed E-state index contributed by atoms with van der Waals surface area (Å²) in [6, 6.07) is 0. The van der Waals surface area contributed by atoms with Gasteiger partial charge in [-0.2, -0.15) is 11.8 Å². The molecule has 120 valence electrons. The number of hydrogen-bond donors (Lipinski definition) is 2. The van der Waals surface area contributed by atoms with Crippen molar-refractivity contribution in [2.45, 2.75) is 45.5 Å². The lowest BCUT2D eigenvalue weighted by atomic mass is 10.2. The largest absolute Gasteiger partial charge is 0.355 e. The van der Waals surface area contributed by atoms with Gasteiger partial charge in [-0.25, -0.2) is 4.98 Å². The van der Waals surface area contributed by atoms with Crippen LogP contribution < -0.4 is 10.6 Å². The van der Waals surface area contributed by atoms with Gasteiger partial charge >= 0.3 is 0 Å². The quantitative estimate of drug-likeness (QED) is 0.599. The van der Waals surface area contributed by atoms with Crippen LogP contribution >= 0.6 is 11.8 Å². The van der Waals surface area contributed by atoms with Gasteiger partial charge in [0.2, 0.25) is 0 Å². The van der Waals surface area contributed by atoms with Crippen LogP contribution in [0.3, 0.4) is 0 Å². The van der Waals surface area contributed by atoms with Gasteiger partial charge in [-0.3, -0.25) is 4.99 Å². The molecule has 1 aromatic heterocycles. The SMILES string of the molecule is CN=C(NCc1nccn1CC(C)C)NCC(C)(C)SC. The number of aliphatic imine (C=N–C) groups is 1. The summed E-state index contributed by atoms with van der Waals surface area (Å²) >= 11 is 1.84. The van der Waals surface area contributed by atoms with Crippen molar-refractivity contribution in [1.82, 2.24) is 20.2 Å². The van der Waals surface area contributed by atoms with Gasteiger partial charge in [0.05, 0.1) is 6.54 Å². The molecule has 2 N–H and O–H groups in total. The summed E-state index contributed by atoms with van der Waals surface area (Å²) in [5.41, 5.74) is 0. The van der Waals surface area contributed by atoms with Gasteiger partial charge in [0.15, 0.2) is 5.96 Å². The van der Waals surface area contributed by atoms with Crippen LogP contribution in [0.25, 0.3) is 0 Å². The van der Waals surface area contributed by atoms with Gasteiger partial charge < -0.3 is 15.2 Å². The van der Waals surface area contributed by atoms with Gasteiger partial charge in [-0.05, 0) is 26.0 Å². The molecule has 0 amide bonds. The number of thioether (sulfide) groups is 1. The zero-order valence-corrected chi connectivity index (χ0v) is 14.9.